The zero-order chi connectivity index (χ0) is 24.9. The minimum atomic E-state index is -1.38. The van der Waals surface area contributed by atoms with E-state index in [-0.39, 0.29) is 17.7 Å². The number of methoxy groups -OCH3 is 1. The molecule has 34 heavy (non-hydrogen) atoms. The number of hydrogen-bond donors (Lipinski definition) is 1. The Kier molecular flexibility index (Phi) is 8.42. The first-order chi connectivity index (χ1) is 16.2. The largest absolute Gasteiger partial charge is 0.382 e. The minimum Gasteiger partial charge on any atom is -0.382 e. The highest BCUT2D eigenvalue weighted by molar-refractivity contribution is 6.03. The van der Waals surface area contributed by atoms with Crippen molar-refractivity contribution in [3.8, 4) is 0 Å². The summed E-state index contributed by atoms with van der Waals surface area (Å²) in [6.07, 6.45) is 0.739. The van der Waals surface area contributed by atoms with E-state index in [2.05, 4.69) is 11.8 Å². The topological polar surface area (TPSA) is 76.1 Å². The second-order valence-corrected chi connectivity index (χ2v) is 9.37. The van der Waals surface area contributed by atoms with Gasteiger partial charge in [-0.3, -0.25) is 14.5 Å². The summed E-state index contributed by atoms with van der Waals surface area (Å²) in [5.74, 6) is -0.180. The van der Waals surface area contributed by atoms with Crippen molar-refractivity contribution in [1.82, 2.24) is 4.90 Å². The monoisotopic (exact) mass is 467 g/mol. The highest BCUT2D eigenvalue weighted by atomic mass is 16.5. The van der Waals surface area contributed by atoms with Gasteiger partial charge in [-0.15, -0.1) is 0 Å². The number of nitrogens with zero attached hydrogens (tertiary/aromatic N) is 1. The van der Waals surface area contributed by atoms with Crippen LogP contribution in [0.1, 0.15) is 78.5 Å². The predicted molar refractivity (Wildman–Crippen MR) is 132 cm³/mol. The maximum atomic E-state index is 13.5. The van der Waals surface area contributed by atoms with Crippen molar-refractivity contribution < 1.29 is 24.2 Å². The Hall–Kier alpha value is -2.38. The molecule has 2 aromatic rings. The van der Waals surface area contributed by atoms with Crippen LogP contribution in [0.4, 0.5) is 0 Å². The Labute approximate surface area is 202 Å². The molecule has 1 aliphatic heterocycles. The van der Waals surface area contributed by atoms with Gasteiger partial charge in [-0.1, -0.05) is 62.4 Å². The second-order valence-electron chi connectivity index (χ2n) is 9.37. The van der Waals surface area contributed by atoms with Gasteiger partial charge in [0.05, 0.1) is 18.8 Å². The lowest BCUT2D eigenvalue weighted by Gasteiger charge is -2.41. The van der Waals surface area contributed by atoms with Crippen molar-refractivity contribution >= 4 is 11.6 Å². The van der Waals surface area contributed by atoms with Crippen LogP contribution in [-0.4, -0.2) is 66.1 Å². The molecule has 0 amide bonds. The fourth-order valence-corrected chi connectivity index (χ4v) is 4.45. The van der Waals surface area contributed by atoms with E-state index in [1.54, 1.807) is 26.2 Å². The summed E-state index contributed by atoms with van der Waals surface area (Å²) in [6, 6.07) is 14.7. The predicted octanol–water partition coefficient (Wildman–Crippen LogP) is 4.45. The van der Waals surface area contributed by atoms with E-state index in [0.717, 1.165) is 30.6 Å². The first kappa shape index (κ1) is 26.2. The minimum absolute atomic E-state index is 0.114. The first-order valence-corrected chi connectivity index (χ1v) is 12.1. The van der Waals surface area contributed by atoms with E-state index in [1.807, 2.05) is 43.3 Å². The molecule has 1 aliphatic rings. The summed E-state index contributed by atoms with van der Waals surface area (Å²) >= 11 is 0. The molecule has 1 heterocycles. The maximum absolute atomic E-state index is 13.5. The lowest BCUT2D eigenvalue weighted by molar-refractivity contribution is -0.0106. The summed E-state index contributed by atoms with van der Waals surface area (Å²) in [5, 5.41) is 10.3. The third-order valence-electron chi connectivity index (χ3n) is 7.25. The van der Waals surface area contributed by atoms with Crippen LogP contribution in [0, 0.1) is 0 Å². The molecule has 0 aliphatic carbocycles. The van der Waals surface area contributed by atoms with Crippen LogP contribution in [0.5, 0.6) is 0 Å². The van der Waals surface area contributed by atoms with E-state index in [0.29, 0.717) is 30.8 Å². The fraction of sp³-hybridized carbons (Fsp3) is 0.500. The summed E-state index contributed by atoms with van der Waals surface area (Å²) in [6.45, 7) is 10.2. The number of aliphatic hydroxyl groups is 1. The summed E-state index contributed by atoms with van der Waals surface area (Å²) in [5.41, 5.74) is 1.02. The van der Waals surface area contributed by atoms with Crippen LogP contribution in [-0.2, 0) is 9.47 Å². The van der Waals surface area contributed by atoms with Crippen molar-refractivity contribution in [3.63, 3.8) is 0 Å². The van der Waals surface area contributed by atoms with Crippen molar-refractivity contribution in [3.05, 3.63) is 70.8 Å². The molecular formula is C28H37NO5. The standard InChI is InChI=1S/C28H37NO5/c1-6-27(3,29-16-18-34-19-17-29)25(30)22-12-8-20(9-13-22)24(33-5)21-10-14-23(15-11-21)26(31)28(4,32)7-2/h8-15,24,32H,6-7,16-19H2,1-5H3. The van der Waals surface area contributed by atoms with E-state index in [4.69, 9.17) is 9.47 Å². The smallest absolute Gasteiger partial charge is 0.194 e. The number of carbonyl (C=O) groups is 2. The number of morpholine rings is 1. The molecule has 2 aromatic carbocycles. The summed E-state index contributed by atoms with van der Waals surface area (Å²) in [7, 11) is 1.64. The van der Waals surface area contributed by atoms with E-state index in [9.17, 15) is 14.7 Å². The SMILES string of the molecule is CCC(C)(O)C(=O)c1ccc(C(OC)c2ccc(C(=O)C(C)(CC)N3CCOCC3)cc2)cc1. The number of Topliss-reactive ketones (excluding diaryl/α,β-unsaturated/α-hetero) is 2. The zero-order valence-corrected chi connectivity index (χ0v) is 21.0. The Balaban J connectivity index is 1.79. The van der Waals surface area contributed by atoms with Crippen LogP contribution in [0.25, 0.3) is 0 Å². The van der Waals surface area contributed by atoms with Gasteiger partial charge in [0.25, 0.3) is 0 Å². The van der Waals surface area contributed by atoms with Crippen molar-refractivity contribution in [1.29, 1.82) is 0 Å². The molecular weight excluding hydrogens is 430 g/mol. The molecule has 1 saturated heterocycles. The van der Waals surface area contributed by atoms with Gasteiger partial charge in [0.15, 0.2) is 11.6 Å². The molecule has 0 aromatic heterocycles. The third kappa shape index (κ3) is 5.31. The van der Waals surface area contributed by atoms with Crippen LogP contribution < -0.4 is 0 Å². The number of hydrogen-bond acceptors (Lipinski definition) is 6. The molecule has 1 N–H and O–H groups in total. The molecule has 3 rings (SSSR count). The molecule has 6 heteroatoms. The number of rotatable bonds is 10. The van der Waals surface area contributed by atoms with Crippen molar-refractivity contribution in [2.24, 2.45) is 0 Å². The number of benzene rings is 2. The van der Waals surface area contributed by atoms with Gasteiger partial charge in [0.1, 0.15) is 11.7 Å². The highest BCUT2D eigenvalue weighted by Gasteiger charge is 2.38. The molecule has 0 radical (unpaired) electrons. The zero-order valence-electron chi connectivity index (χ0n) is 21.0. The Morgan fingerprint density at radius 2 is 1.38 bits per heavy atom. The normalized spacial score (nSPS) is 19.1. The number of ketones is 2. The average molecular weight is 468 g/mol. The van der Waals surface area contributed by atoms with E-state index in [1.165, 1.54) is 6.92 Å². The highest BCUT2D eigenvalue weighted by Crippen LogP contribution is 2.30. The quantitative estimate of drug-likeness (QED) is 0.521. The molecule has 3 unspecified atom stereocenters. The average Bonchev–Trinajstić information content (AvgIpc) is 2.89. The molecule has 184 valence electrons. The third-order valence-corrected chi connectivity index (χ3v) is 7.25. The van der Waals surface area contributed by atoms with Gasteiger partial charge in [-0.25, -0.2) is 0 Å². The first-order valence-electron chi connectivity index (χ1n) is 12.1. The lowest BCUT2D eigenvalue weighted by Crippen LogP contribution is -2.56. The molecule has 0 bridgehead atoms. The summed E-state index contributed by atoms with van der Waals surface area (Å²) in [4.78, 5) is 28.2. The van der Waals surface area contributed by atoms with Gasteiger partial charge in [0, 0.05) is 31.3 Å². The van der Waals surface area contributed by atoms with Gasteiger partial charge in [0.2, 0.25) is 0 Å². The van der Waals surface area contributed by atoms with Gasteiger partial charge in [-0.2, -0.15) is 0 Å². The van der Waals surface area contributed by atoms with Gasteiger partial charge in [-0.05, 0) is 37.8 Å². The van der Waals surface area contributed by atoms with Crippen LogP contribution in [0.3, 0.4) is 0 Å². The van der Waals surface area contributed by atoms with Crippen LogP contribution >= 0.6 is 0 Å². The number of ether oxygens (including phenoxy) is 2. The van der Waals surface area contributed by atoms with E-state index >= 15 is 0 Å². The van der Waals surface area contributed by atoms with Gasteiger partial charge < -0.3 is 14.6 Å². The summed E-state index contributed by atoms with van der Waals surface area (Å²) < 4.78 is 11.2. The lowest BCUT2D eigenvalue weighted by atomic mass is 9.85. The maximum Gasteiger partial charge on any atom is 0.194 e. The molecule has 6 nitrogen and oxygen atoms in total. The number of carbonyl (C=O) groups excluding carboxylic acids is 2. The molecule has 1 fully saturated rings. The van der Waals surface area contributed by atoms with Gasteiger partial charge >= 0.3 is 0 Å². The molecule has 3 atom stereocenters. The second kappa shape index (κ2) is 10.9. The molecule has 0 spiro atoms. The van der Waals surface area contributed by atoms with Crippen molar-refractivity contribution in [2.75, 3.05) is 33.4 Å². The molecule has 0 saturated carbocycles. The van der Waals surface area contributed by atoms with Crippen molar-refractivity contribution in [2.45, 2.75) is 57.8 Å². The Bertz CT molecular complexity index is 977. The fourth-order valence-electron chi connectivity index (χ4n) is 4.45. The van der Waals surface area contributed by atoms with E-state index < -0.39 is 11.1 Å². The van der Waals surface area contributed by atoms with Crippen LogP contribution in [0.2, 0.25) is 0 Å². The Morgan fingerprint density at radius 3 is 1.79 bits per heavy atom. The van der Waals surface area contributed by atoms with Crippen LogP contribution in [0.15, 0.2) is 48.5 Å². The Morgan fingerprint density at radius 1 is 0.912 bits per heavy atom.